The van der Waals surface area contributed by atoms with Crippen molar-refractivity contribution < 1.29 is 9.47 Å². The molecule has 0 saturated carbocycles. The summed E-state index contributed by atoms with van der Waals surface area (Å²) in [6.07, 6.45) is 3.47. The highest BCUT2D eigenvalue weighted by molar-refractivity contribution is 4.82. The van der Waals surface area contributed by atoms with E-state index in [4.69, 9.17) is 9.47 Å². The SMILES string of the molecule is COCCCNCC1(C)CCCO1. The quantitative estimate of drug-likeness (QED) is 0.633. The molecule has 0 aliphatic carbocycles. The summed E-state index contributed by atoms with van der Waals surface area (Å²) >= 11 is 0. The molecule has 0 amide bonds. The van der Waals surface area contributed by atoms with Crippen molar-refractivity contribution in [2.45, 2.75) is 31.8 Å². The number of hydrogen-bond acceptors (Lipinski definition) is 3. The van der Waals surface area contributed by atoms with Crippen molar-refractivity contribution in [2.75, 3.05) is 33.4 Å². The molecule has 0 spiro atoms. The highest BCUT2D eigenvalue weighted by Crippen LogP contribution is 2.23. The molecular weight excluding hydrogens is 166 g/mol. The zero-order valence-corrected chi connectivity index (χ0v) is 8.77. The second kappa shape index (κ2) is 5.58. The molecule has 3 heteroatoms. The second-order valence-corrected chi connectivity index (χ2v) is 3.93. The Balaban J connectivity index is 1.98. The largest absolute Gasteiger partial charge is 0.385 e. The lowest BCUT2D eigenvalue weighted by atomic mass is 10.0. The average Bonchev–Trinajstić information content (AvgIpc) is 2.53. The van der Waals surface area contributed by atoms with Gasteiger partial charge in [-0.25, -0.2) is 0 Å². The molecule has 0 aromatic carbocycles. The maximum Gasteiger partial charge on any atom is 0.0779 e. The van der Waals surface area contributed by atoms with E-state index in [2.05, 4.69) is 12.2 Å². The van der Waals surface area contributed by atoms with Crippen LogP contribution in [-0.4, -0.2) is 39.0 Å². The maximum atomic E-state index is 5.65. The van der Waals surface area contributed by atoms with Crippen LogP contribution < -0.4 is 5.32 Å². The molecule has 3 nitrogen and oxygen atoms in total. The summed E-state index contributed by atoms with van der Waals surface area (Å²) in [5.41, 5.74) is 0.0903. The fraction of sp³-hybridized carbons (Fsp3) is 1.00. The van der Waals surface area contributed by atoms with Crippen LogP contribution in [0.1, 0.15) is 26.2 Å². The Morgan fingerprint density at radius 2 is 2.38 bits per heavy atom. The highest BCUT2D eigenvalue weighted by atomic mass is 16.5. The number of hydrogen-bond donors (Lipinski definition) is 1. The number of nitrogens with one attached hydrogen (secondary N) is 1. The molecule has 0 aromatic heterocycles. The fourth-order valence-corrected chi connectivity index (χ4v) is 1.67. The van der Waals surface area contributed by atoms with Gasteiger partial charge in [-0.3, -0.25) is 0 Å². The smallest absolute Gasteiger partial charge is 0.0779 e. The zero-order chi connectivity index (χ0) is 9.57. The Labute approximate surface area is 80.8 Å². The van der Waals surface area contributed by atoms with Crippen LogP contribution in [0.4, 0.5) is 0 Å². The minimum absolute atomic E-state index is 0.0903. The molecule has 0 aromatic rings. The minimum atomic E-state index is 0.0903. The van der Waals surface area contributed by atoms with E-state index in [0.29, 0.717) is 0 Å². The lowest BCUT2D eigenvalue weighted by Gasteiger charge is -2.23. The van der Waals surface area contributed by atoms with E-state index in [0.717, 1.165) is 32.7 Å². The maximum absolute atomic E-state index is 5.65. The van der Waals surface area contributed by atoms with Crippen LogP contribution in [-0.2, 0) is 9.47 Å². The molecular formula is C10H21NO2. The fourth-order valence-electron chi connectivity index (χ4n) is 1.67. The zero-order valence-electron chi connectivity index (χ0n) is 8.77. The molecule has 1 N–H and O–H groups in total. The lowest BCUT2D eigenvalue weighted by Crippen LogP contribution is -2.37. The first-order chi connectivity index (χ1) is 6.27. The normalized spacial score (nSPS) is 28.2. The van der Waals surface area contributed by atoms with E-state index in [1.807, 2.05) is 0 Å². The van der Waals surface area contributed by atoms with Crippen molar-refractivity contribution >= 4 is 0 Å². The van der Waals surface area contributed by atoms with Crippen molar-refractivity contribution in [2.24, 2.45) is 0 Å². The first kappa shape index (κ1) is 11.0. The molecule has 1 fully saturated rings. The summed E-state index contributed by atoms with van der Waals surface area (Å²) in [5.74, 6) is 0. The number of methoxy groups -OCH3 is 1. The van der Waals surface area contributed by atoms with Crippen molar-refractivity contribution in [3.8, 4) is 0 Å². The third-order valence-corrected chi connectivity index (χ3v) is 2.50. The van der Waals surface area contributed by atoms with Gasteiger partial charge in [0.15, 0.2) is 0 Å². The van der Waals surface area contributed by atoms with Gasteiger partial charge in [0.1, 0.15) is 0 Å². The van der Waals surface area contributed by atoms with E-state index in [9.17, 15) is 0 Å². The minimum Gasteiger partial charge on any atom is -0.385 e. The Morgan fingerprint density at radius 1 is 1.54 bits per heavy atom. The predicted octanol–water partition coefficient (Wildman–Crippen LogP) is 1.18. The van der Waals surface area contributed by atoms with E-state index in [1.54, 1.807) is 7.11 Å². The van der Waals surface area contributed by atoms with Gasteiger partial charge >= 0.3 is 0 Å². The van der Waals surface area contributed by atoms with Gasteiger partial charge in [-0.1, -0.05) is 0 Å². The third kappa shape index (κ3) is 4.07. The first-order valence-corrected chi connectivity index (χ1v) is 5.10. The van der Waals surface area contributed by atoms with Gasteiger partial charge in [-0.15, -0.1) is 0 Å². The van der Waals surface area contributed by atoms with Crippen LogP contribution in [0.15, 0.2) is 0 Å². The van der Waals surface area contributed by atoms with Gasteiger partial charge in [0.25, 0.3) is 0 Å². The highest BCUT2D eigenvalue weighted by Gasteiger charge is 2.28. The molecule has 1 rings (SSSR count). The molecule has 1 heterocycles. The van der Waals surface area contributed by atoms with Gasteiger partial charge in [0.05, 0.1) is 5.60 Å². The molecule has 1 aliphatic rings. The number of ether oxygens (including phenoxy) is 2. The van der Waals surface area contributed by atoms with E-state index < -0.39 is 0 Å². The van der Waals surface area contributed by atoms with E-state index in [1.165, 1.54) is 12.8 Å². The summed E-state index contributed by atoms with van der Waals surface area (Å²) in [5, 5.41) is 3.40. The summed E-state index contributed by atoms with van der Waals surface area (Å²) in [4.78, 5) is 0. The third-order valence-electron chi connectivity index (χ3n) is 2.50. The van der Waals surface area contributed by atoms with Gasteiger partial charge < -0.3 is 14.8 Å². The Morgan fingerprint density at radius 3 is 3.00 bits per heavy atom. The van der Waals surface area contributed by atoms with Crippen molar-refractivity contribution in [3.05, 3.63) is 0 Å². The Kier molecular flexibility index (Phi) is 4.70. The van der Waals surface area contributed by atoms with E-state index >= 15 is 0 Å². The molecule has 0 radical (unpaired) electrons. The van der Waals surface area contributed by atoms with E-state index in [-0.39, 0.29) is 5.60 Å². The first-order valence-electron chi connectivity index (χ1n) is 5.10. The summed E-state index contributed by atoms with van der Waals surface area (Å²) < 4.78 is 10.6. The molecule has 1 aliphatic heterocycles. The van der Waals surface area contributed by atoms with Crippen molar-refractivity contribution in [1.29, 1.82) is 0 Å². The monoisotopic (exact) mass is 187 g/mol. The van der Waals surface area contributed by atoms with Crippen LogP contribution in [0.25, 0.3) is 0 Å². The van der Waals surface area contributed by atoms with Crippen LogP contribution >= 0.6 is 0 Å². The van der Waals surface area contributed by atoms with Gasteiger partial charge in [0, 0.05) is 26.9 Å². The topological polar surface area (TPSA) is 30.5 Å². The summed E-state index contributed by atoms with van der Waals surface area (Å²) in [6, 6.07) is 0. The molecule has 1 saturated heterocycles. The van der Waals surface area contributed by atoms with Crippen molar-refractivity contribution in [3.63, 3.8) is 0 Å². The summed E-state index contributed by atoms with van der Waals surface area (Å²) in [6.45, 7) is 5.94. The van der Waals surface area contributed by atoms with Crippen molar-refractivity contribution in [1.82, 2.24) is 5.32 Å². The molecule has 13 heavy (non-hydrogen) atoms. The molecule has 78 valence electrons. The van der Waals surface area contributed by atoms with Gasteiger partial charge in [-0.2, -0.15) is 0 Å². The summed E-state index contributed by atoms with van der Waals surface area (Å²) in [7, 11) is 1.74. The second-order valence-electron chi connectivity index (χ2n) is 3.93. The molecule has 1 unspecified atom stereocenters. The lowest BCUT2D eigenvalue weighted by molar-refractivity contribution is 0.0207. The molecule has 1 atom stereocenters. The number of rotatable bonds is 6. The van der Waals surface area contributed by atoms with Crippen LogP contribution in [0.2, 0.25) is 0 Å². The standard InChI is InChI=1S/C10H21NO2/c1-10(5-3-8-13-10)9-11-6-4-7-12-2/h11H,3-9H2,1-2H3. The Bertz CT molecular complexity index is 133. The van der Waals surface area contributed by atoms with Crippen LogP contribution in [0.5, 0.6) is 0 Å². The molecule has 0 bridgehead atoms. The Hall–Kier alpha value is -0.120. The van der Waals surface area contributed by atoms with Gasteiger partial charge in [-0.05, 0) is 32.7 Å². The van der Waals surface area contributed by atoms with Crippen LogP contribution in [0.3, 0.4) is 0 Å². The average molecular weight is 187 g/mol. The van der Waals surface area contributed by atoms with Crippen LogP contribution in [0, 0.1) is 0 Å². The van der Waals surface area contributed by atoms with Gasteiger partial charge in [0.2, 0.25) is 0 Å². The predicted molar refractivity (Wildman–Crippen MR) is 53.0 cm³/mol.